The minimum Gasteiger partial charge on any atom is -0.490 e. The van der Waals surface area contributed by atoms with Crippen molar-refractivity contribution in [2.75, 3.05) is 13.2 Å². The van der Waals surface area contributed by atoms with Crippen LogP contribution in [-0.4, -0.2) is 30.4 Å². The Kier molecular flexibility index (Phi) is 15.2. The van der Waals surface area contributed by atoms with E-state index < -0.39 is 12.1 Å². The van der Waals surface area contributed by atoms with E-state index in [-0.39, 0.29) is 13.2 Å². The number of hydrogen-bond acceptors (Lipinski definition) is 4. The summed E-state index contributed by atoms with van der Waals surface area (Å²) in [5.41, 5.74) is 1.27. The Hall–Kier alpha value is -1.55. The lowest BCUT2D eigenvalue weighted by Gasteiger charge is -2.15. The molecule has 0 fully saturated rings. The lowest BCUT2D eigenvalue weighted by atomic mass is 10.0. The van der Waals surface area contributed by atoms with E-state index in [1.807, 2.05) is 18.2 Å². The van der Waals surface area contributed by atoms with Gasteiger partial charge in [-0.2, -0.15) is 0 Å². The topological polar surface area (TPSA) is 55.8 Å². The zero-order valence-electron chi connectivity index (χ0n) is 18.7. The number of benzene rings is 1. The van der Waals surface area contributed by atoms with Crippen molar-refractivity contribution in [1.82, 2.24) is 0 Å². The average molecular weight is 407 g/mol. The maximum Gasteiger partial charge on any atom is 0.303 e. The van der Waals surface area contributed by atoms with Gasteiger partial charge in [-0.15, -0.1) is 0 Å². The molecule has 0 amide bonds. The zero-order chi connectivity index (χ0) is 21.2. The first-order valence-corrected chi connectivity index (χ1v) is 11.7. The lowest BCUT2D eigenvalue weighted by Crippen LogP contribution is -2.27. The molecule has 0 aliphatic rings. The van der Waals surface area contributed by atoms with Gasteiger partial charge in [0.25, 0.3) is 0 Å². The molecule has 166 valence electrons. The van der Waals surface area contributed by atoms with E-state index in [1.165, 1.54) is 89.5 Å². The fourth-order valence-corrected chi connectivity index (χ4v) is 3.51. The van der Waals surface area contributed by atoms with Gasteiger partial charge in [0.1, 0.15) is 12.4 Å². The number of hydrogen-bond donors (Lipinski definition) is 1. The molecule has 4 heteroatoms. The summed E-state index contributed by atoms with van der Waals surface area (Å²) < 4.78 is 10.7. The highest BCUT2D eigenvalue weighted by atomic mass is 16.6. The highest BCUT2D eigenvalue weighted by Gasteiger charge is 2.11. The Balaban J connectivity index is 2.09. The largest absolute Gasteiger partial charge is 0.490 e. The molecule has 4 nitrogen and oxygen atoms in total. The first kappa shape index (κ1) is 25.5. The summed E-state index contributed by atoms with van der Waals surface area (Å²) in [6.45, 7) is 3.53. The zero-order valence-corrected chi connectivity index (χ0v) is 18.7. The number of unbranched alkanes of at least 4 members (excludes halogenated alkanes) is 11. The molecule has 0 bridgehead atoms. The summed E-state index contributed by atoms with van der Waals surface area (Å²) in [5, 5.41) is 9.23. The number of rotatable bonds is 18. The van der Waals surface area contributed by atoms with Crippen molar-refractivity contribution in [2.45, 2.75) is 103 Å². The molecule has 0 aromatic heterocycles. The van der Waals surface area contributed by atoms with Gasteiger partial charge in [-0.05, 0) is 30.5 Å². The van der Waals surface area contributed by atoms with Crippen molar-refractivity contribution in [3.05, 3.63) is 29.8 Å². The number of esters is 1. The maximum absolute atomic E-state index is 11.0. The van der Waals surface area contributed by atoms with Crippen LogP contribution >= 0.6 is 0 Å². The number of aliphatic hydroxyl groups excluding tert-OH is 1. The lowest BCUT2D eigenvalue weighted by molar-refractivity contribution is -0.150. The highest BCUT2D eigenvalue weighted by Crippen LogP contribution is 2.17. The van der Waals surface area contributed by atoms with Crippen LogP contribution in [0.1, 0.15) is 96.5 Å². The third-order valence-corrected chi connectivity index (χ3v) is 5.19. The standard InChI is InChI=1S/C25H42O4/c1-3-4-5-6-7-8-9-10-11-12-13-14-16-23-17-15-18-24(19-23)28-21-25(20-26)29-22(2)27/h15,17-19,25-26H,3-14,16,20-21H2,1-2H3. The number of ether oxygens (including phenoxy) is 2. The molecule has 0 aliphatic heterocycles. The Bertz CT molecular complexity index is 529. The van der Waals surface area contributed by atoms with Crippen LogP contribution in [-0.2, 0) is 16.0 Å². The van der Waals surface area contributed by atoms with Gasteiger partial charge >= 0.3 is 5.97 Å². The SMILES string of the molecule is CCCCCCCCCCCCCCc1cccc(OCC(CO)OC(C)=O)c1. The van der Waals surface area contributed by atoms with E-state index in [0.717, 1.165) is 12.2 Å². The van der Waals surface area contributed by atoms with Gasteiger partial charge in [0.2, 0.25) is 0 Å². The fraction of sp³-hybridized carbons (Fsp3) is 0.720. The molecule has 1 aromatic rings. The first-order chi connectivity index (χ1) is 14.2. The second-order valence-corrected chi connectivity index (χ2v) is 8.01. The number of carbonyl (C=O) groups excluding carboxylic acids is 1. The highest BCUT2D eigenvalue weighted by molar-refractivity contribution is 5.66. The Morgan fingerprint density at radius 3 is 2.07 bits per heavy atom. The molecule has 1 rings (SSSR count). The van der Waals surface area contributed by atoms with Gasteiger partial charge in [-0.1, -0.05) is 89.7 Å². The minimum absolute atomic E-state index is 0.165. The van der Waals surface area contributed by atoms with Gasteiger partial charge in [0, 0.05) is 6.92 Å². The van der Waals surface area contributed by atoms with Crippen LogP contribution in [0.3, 0.4) is 0 Å². The predicted molar refractivity (Wildman–Crippen MR) is 119 cm³/mol. The van der Waals surface area contributed by atoms with Gasteiger partial charge in [0.05, 0.1) is 6.61 Å². The molecule has 1 N–H and O–H groups in total. The summed E-state index contributed by atoms with van der Waals surface area (Å²) in [7, 11) is 0. The van der Waals surface area contributed by atoms with Gasteiger partial charge < -0.3 is 14.6 Å². The van der Waals surface area contributed by atoms with Crippen LogP contribution in [0.4, 0.5) is 0 Å². The molecule has 1 unspecified atom stereocenters. The second-order valence-electron chi connectivity index (χ2n) is 8.01. The van der Waals surface area contributed by atoms with Crippen molar-refractivity contribution < 1.29 is 19.4 Å². The third kappa shape index (κ3) is 14.1. The summed E-state index contributed by atoms with van der Waals surface area (Å²) in [6, 6.07) is 8.06. The predicted octanol–water partition coefficient (Wildman–Crippen LogP) is 6.23. The molecular weight excluding hydrogens is 364 g/mol. The van der Waals surface area contributed by atoms with Crippen LogP contribution in [0.15, 0.2) is 24.3 Å². The number of aryl methyl sites for hydroxylation is 1. The minimum atomic E-state index is -0.618. The first-order valence-electron chi connectivity index (χ1n) is 11.7. The van der Waals surface area contributed by atoms with E-state index in [4.69, 9.17) is 9.47 Å². The Morgan fingerprint density at radius 1 is 0.931 bits per heavy atom. The van der Waals surface area contributed by atoms with Gasteiger partial charge in [0.15, 0.2) is 6.10 Å². The van der Waals surface area contributed by atoms with Crippen LogP contribution in [0.2, 0.25) is 0 Å². The summed E-state index contributed by atoms with van der Waals surface area (Å²) in [5.74, 6) is 0.348. The molecule has 29 heavy (non-hydrogen) atoms. The molecule has 0 radical (unpaired) electrons. The number of carbonyl (C=O) groups is 1. The molecule has 1 aromatic carbocycles. The smallest absolute Gasteiger partial charge is 0.303 e. The molecule has 1 atom stereocenters. The van der Waals surface area contributed by atoms with Crippen molar-refractivity contribution in [3.8, 4) is 5.75 Å². The van der Waals surface area contributed by atoms with Gasteiger partial charge in [-0.25, -0.2) is 0 Å². The normalized spacial score (nSPS) is 12.0. The van der Waals surface area contributed by atoms with Crippen LogP contribution in [0, 0.1) is 0 Å². The van der Waals surface area contributed by atoms with E-state index in [0.29, 0.717) is 0 Å². The van der Waals surface area contributed by atoms with E-state index in [2.05, 4.69) is 13.0 Å². The summed E-state index contributed by atoms with van der Waals surface area (Å²) in [6.07, 6.45) is 16.8. The van der Waals surface area contributed by atoms with Crippen LogP contribution < -0.4 is 4.74 Å². The fourth-order valence-electron chi connectivity index (χ4n) is 3.51. The third-order valence-electron chi connectivity index (χ3n) is 5.19. The van der Waals surface area contributed by atoms with Crippen molar-refractivity contribution in [3.63, 3.8) is 0 Å². The molecule has 0 saturated carbocycles. The van der Waals surface area contributed by atoms with E-state index in [1.54, 1.807) is 0 Å². The molecule has 0 heterocycles. The molecular formula is C25H42O4. The van der Waals surface area contributed by atoms with E-state index >= 15 is 0 Å². The second kappa shape index (κ2) is 17.3. The molecule has 0 spiro atoms. The van der Waals surface area contributed by atoms with E-state index in [9.17, 15) is 9.90 Å². The van der Waals surface area contributed by atoms with Gasteiger partial charge in [-0.3, -0.25) is 4.79 Å². The van der Waals surface area contributed by atoms with Crippen LogP contribution in [0.25, 0.3) is 0 Å². The molecule has 0 saturated heterocycles. The van der Waals surface area contributed by atoms with Crippen molar-refractivity contribution in [1.29, 1.82) is 0 Å². The van der Waals surface area contributed by atoms with Crippen LogP contribution in [0.5, 0.6) is 5.75 Å². The Morgan fingerprint density at radius 2 is 1.52 bits per heavy atom. The molecule has 0 aliphatic carbocycles. The van der Waals surface area contributed by atoms with Crippen molar-refractivity contribution in [2.24, 2.45) is 0 Å². The Labute approximate surface area is 178 Å². The van der Waals surface area contributed by atoms with Crippen molar-refractivity contribution >= 4 is 5.97 Å². The number of aliphatic hydroxyl groups is 1. The quantitative estimate of drug-likeness (QED) is 0.232. The maximum atomic E-state index is 11.0. The monoisotopic (exact) mass is 406 g/mol. The average Bonchev–Trinajstić information content (AvgIpc) is 2.72. The summed E-state index contributed by atoms with van der Waals surface area (Å²) in [4.78, 5) is 11.0. The summed E-state index contributed by atoms with van der Waals surface area (Å²) >= 11 is 0.